The highest BCUT2D eigenvalue weighted by atomic mass is 32.1. The third-order valence-electron chi connectivity index (χ3n) is 2.64. The van der Waals surface area contributed by atoms with Crippen molar-refractivity contribution in [2.45, 2.75) is 39.7 Å². The molecule has 1 aromatic heterocycles. The van der Waals surface area contributed by atoms with Crippen molar-refractivity contribution in [1.29, 1.82) is 0 Å². The van der Waals surface area contributed by atoms with Crippen molar-refractivity contribution in [2.75, 3.05) is 19.8 Å². The Kier molecular flexibility index (Phi) is 6.75. The molecule has 1 atom stereocenters. The molecule has 104 valence electrons. The van der Waals surface area contributed by atoms with Crippen molar-refractivity contribution in [2.24, 2.45) is 0 Å². The Hall–Kier alpha value is -0.520. The van der Waals surface area contributed by atoms with Gasteiger partial charge in [0.15, 0.2) is 0 Å². The van der Waals surface area contributed by atoms with Crippen LogP contribution in [0.1, 0.15) is 34.7 Å². The molecule has 1 rings (SSSR count). The zero-order valence-electron chi connectivity index (χ0n) is 11.1. The molecule has 0 saturated carbocycles. The first kappa shape index (κ1) is 15.5. The van der Waals surface area contributed by atoms with Gasteiger partial charge in [0.05, 0.1) is 0 Å². The van der Waals surface area contributed by atoms with Gasteiger partial charge in [0.2, 0.25) is 0 Å². The fraction of sp³-hybridized carbons (Fsp3) is 0.692. The van der Waals surface area contributed by atoms with Gasteiger partial charge in [-0.15, -0.1) is 11.3 Å². The van der Waals surface area contributed by atoms with Crippen molar-refractivity contribution in [3.8, 4) is 0 Å². The summed E-state index contributed by atoms with van der Waals surface area (Å²) in [7, 11) is 0. The van der Waals surface area contributed by atoms with Crippen LogP contribution in [0, 0.1) is 13.8 Å². The van der Waals surface area contributed by atoms with Crippen molar-refractivity contribution in [1.82, 2.24) is 5.32 Å². The zero-order valence-corrected chi connectivity index (χ0v) is 11.9. The minimum Gasteiger partial charge on any atom is -0.375 e. The fourth-order valence-corrected chi connectivity index (χ4v) is 3.10. The molecule has 0 aliphatic carbocycles. The van der Waals surface area contributed by atoms with Gasteiger partial charge in [0.25, 0.3) is 6.43 Å². The maximum atomic E-state index is 12.0. The van der Waals surface area contributed by atoms with E-state index in [4.69, 9.17) is 4.74 Å². The molecular weight excluding hydrogens is 256 g/mol. The molecule has 1 aromatic rings. The van der Waals surface area contributed by atoms with Crippen LogP contribution in [0.25, 0.3) is 0 Å². The number of hydrogen-bond donors (Lipinski definition) is 1. The van der Waals surface area contributed by atoms with Gasteiger partial charge in [-0.1, -0.05) is 6.92 Å². The number of ether oxygens (including phenoxy) is 1. The second-order valence-corrected chi connectivity index (χ2v) is 5.56. The molecule has 2 nitrogen and oxygen atoms in total. The molecule has 18 heavy (non-hydrogen) atoms. The van der Waals surface area contributed by atoms with Crippen molar-refractivity contribution in [3.63, 3.8) is 0 Å². The number of aryl methyl sites for hydroxylation is 2. The molecule has 0 aliphatic rings. The van der Waals surface area contributed by atoms with Crippen molar-refractivity contribution >= 4 is 11.3 Å². The number of halogens is 2. The van der Waals surface area contributed by atoms with E-state index in [1.54, 1.807) is 11.3 Å². The quantitative estimate of drug-likeness (QED) is 0.732. The molecule has 0 saturated heterocycles. The van der Waals surface area contributed by atoms with E-state index in [-0.39, 0.29) is 6.04 Å². The zero-order chi connectivity index (χ0) is 13.5. The smallest absolute Gasteiger partial charge is 0.261 e. The van der Waals surface area contributed by atoms with Crippen LogP contribution in [0.15, 0.2) is 6.07 Å². The normalized spacial score (nSPS) is 13.2. The number of rotatable bonds is 8. The lowest BCUT2D eigenvalue weighted by molar-refractivity contribution is 0.0144. The Morgan fingerprint density at radius 3 is 2.61 bits per heavy atom. The highest BCUT2D eigenvalue weighted by Crippen LogP contribution is 2.29. The van der Waals surface area contributed by atoms with Gasteiger partial charge in [0, 0.05) is 22.4 Å². The summed E-state index contributed by atoms with van der Waals surface area (Å²) in [5.41, 5.74) is 1.26. The van der Waals surface area contributed by atoms with Crippen molar-refractivity contribution < 1.29 is 13.5 Å². The second-order valence-electron chi connectivity index (χ2n) is 4.27. The molecule has 0 amide bonds. The van der Waals surface area contributed by atoms with Crippen LogP contribution in [0.5, 0.6) is 0 Å². The molecule has 0 bridgehead atoms. The van der Waals surface area contributed by atoms with E-state index in [9.17, 15) is 8.78 Å². The third kappa shape index (κ3) is 5.00. The summed E-state index contributed by atoms with van der Waals surface area (Å²) in [5, 5.41) is 3.38. The van der Waals surface area contributed by atoms with Crippen LogP contribution in [0.4, 0.5) is 8.78 Å². The highest BCUT2D eigenvalue weighted by molar-refractivity contribution is 7.12. The summed E-state index contributed by atoms with van der Waals surface area (Å²) in [6.45, 7) is 6.96. The lowest BCUT2D eigenvalue weighted by atomic mass is 10.1. The Labute approximate surface area is 111 Å². The van der Waals surface area contributed by atoms with Gasteiger partial charge in [-0.25, -0.2) is 8.78 Å². The first-order valence-corrected chi connectivity index (χ1v) is 7.02. The minimum absolute atomic E-state index is 0.200. The van der Waals surface area contributed by atoms with Gasteiger partial charge < -0.3 is 10.1 Å². The van der Waals surface area contributed by atoms with E-state index in [1.807, 2.05) is 6.92 Å². The predicted molar refractivity (Wildman–Crippen MR) is 71.7 cm³/mol. The summed E-state index contributed by atoms with van der Waals surface area (Å²) in [6, 6.07) is 2.36. The number of hydrogen-bond acceptors (Lipinski definition) is 3. The summed E-state index contributed by atoms with van der Waals surface area (Å²) < 4.78 is 28.9. The molecule has 1 N–H and O–H groups in total. The minimum atomic E-state index is -2.38. The van der Waals surface area contributed by atoms with Gasteiger partial charge in [0.1, 0.15) is 6.61 Å². The lowest BCUT2D eigenvalue weighted by Gasteiger charge is -2.17. The molecule has 0 spiro atoms. The number of alkyl halides is 2. The molecule has 0 aliphatic heterocycles. The topological polar surface area (TPSA) is 21.3 Å². The van der Waals surface area contributed by atoms with Gasteiger partial charge in [-0.05, 0) is 38.4 Å². The average molecular weight is 277 g/mol. The lowest BCUT2D eigenvalue weighted by Crippen LogP contribution is -2.22. The van der Waals surface area contributed by atoms with Crippen LogP contribution < -0.4 is 5.32 Å². The summed E-state index contributed by atoms with van der Waals surface area (Å²) >= 11 is 1.76. The average Bonchev–Trinajstić information content (AvgIpc) is 2.62. The van der Waals surface area contributed by atoms with E-state index in [0.717, 1.165) is 13.0 Å². The molecule has 5 heteroatoms. The van der Waals surface area contributed by atoms with Crippen LogP contribution in [-0.2, 0) is 4.74 Å². The first-order valence-electron chi connectivity index (χ1n) is 6.20. The third-order valence-corrected chi connectivity index (χ3v) is 3.91. The van der Waals surface area contributed by atoms with Gasteiger partial charge >= 0.3 is 0 Å². The molecule has 0 radical (unpaired) electrons. The summed E-state index contributed by atoms with van der Waals surface area (Å²) in [5.74, 6) is 0. The predicted octanol–water partition coefficient (Wildman–Crippen LogP) is 3.69. The Bertz CT molecular complexity index is 355. The second kappa shape index (κ2) is 7.81. The Morgan fingerprint density at radius 2 is 2.11 bits per heavy atom. The van der Waals surface area contributed by atoms with E-state index in [1.165, 1.54) is 15.3 Å². The van der Waals surface area contributed by atoms with Gasteiger partial charge in [-0.2, -0.15) is 0 Å². The van der Waals surface area contributed by atoms with E-state index < -0.39 is 13.0 Å². The largest absolute Gasteiger partial charge is 0.375 e. The van der Waals surface area contributed by atoms with E-state index in [0.29, 0.717) is 6.61 Å². The Morgan fingerprint density at radius 1 is 1.39 bits per heavy atom. The van der Waals surface area contributed by atoms with Crippen LogP contribution in [-0.4, -0.2) is 26.2 Å². The van der Waals surface area contributed by atoms with Crippen LogP contribution >= 0.6 is 11.3 Å². The molecule has 1 unspecified atom stereocenters. The molecule has 1 heterocycles. The van der Waals surface area contributed by atoms with Gasteiger partial charge in [-0.3, -0.25) is 0 Å². The highest BCUT2D eigenvalue weighted by Gasteiger charge is 2.15. The van der Waals surface area contributed by atoms with Crippen LogP contribution in [0.3, 0.4) is 0 Å². The molecule has 0 aromatic carbocycles. The molecule has 0 fully saturated rings. The first-order chi connectivity index (χ1) is 8.54. The number of thiophene rings is 1. The standard InChI is InChI=1S/C13H21F2NOS/c1-4-16-11(5-6-17-8-12(14)15)13-9(2)7-10(3)18-13/h7,11-12,16H,4-6,8H2,1-3H3. The van der Waals surface area contributed by atoms with E-state index >= 15 is 0 Å². The fourth-order valence-electron chi connectivity index (χ4n) is 1.95. The SMILES string of the molecule is CCNC(CCOCC(F)F)c1sc(C)cc1C. The monoisotopic (exact) mass is 277 g/mol. The van der Waals surface area contributed by atoms with Crippen molar-refractivity contribution in [3.05, 3.63) is 21.4 Å². The van der Waals surface area contributed by atoms with E-state index in [2.05, 4.69) is 25.2 Å². The summed E-state index contributed by atoms with van der Waals surface area (Å²) in [6.07, 6.45) is -1.66. The maximum Gasteiger partial charge on any atom is 0.261 e. The molecular formula is C13H21F2NOS. The number of nitrogens with one attached hydrogen (secondary N) is 1. The van der Waals surface area contributed by atoms with Crippen LogP contribution in [0.2, 0.25) is 0 Å². The summed E-state index contributed by atoms with van der Waals surface area (Å²) in [4.78, 5) is 2.56. The maximum absolute atomic E-state index is 12.0. The Balaban J connectivity index is 2.52.